The molecule has 1 aromatic heterocycles. The smallest absolute Gasteiger partial charge is 0.239 e. The fraction of sp³-hybridized carbons (Fsp3) is 0.400. The Balaban J connectivity index is 0.00000161. The van der Waals surface area contributed by atoms with E-state index in [1.54, 1.807) is 11.3 Å². The quantitative estimate of drug-likeness (QED) is 0.903. The third kappa shape index (κ3) is 3.95. The van der Waals surface area contributed by atoms with E-state index in [1.807, 2.05) is 0 Å². The molecule has 1 aliphatic heterocycles. The summed E-state index contributed by atoms with van der Waals surface area (Å²) in [6.45, 7) is 2.56. The van der Waals surface area contributed by atoms with Crippen LogP contribution < -0.4 is 10.6 Å². The molecule has 6 heteroatoms. The highest BCUT2D eigenvalue weighted by Gasteiger charge is 2.20. The molecule has 1 amide bonds. The van der Waals surface area contributed by atoms with Gasteiger partial charge in [0.25, 0.3) is 0 Å². The number of benzene rings is 1. The number of morpholine rings is 1. The number of thiophene rings is 1. The van der Waals surface area contributed by atoms with Gasteiger partial charge in [0.2, 0.25) is 5.91 Å². The van der Waals surface area contributed by atoms with Gasteiger partial charge in [-0.25, -0.2) is 0 Å². The summed E-state index contributed by atoms with van der Waals surface area (Å²) < 4.78 is 6.59. The molecule has 1 aliphatic rings. The van der Waals surface area contributed by atoms with Crippen molar-refractivity contribution < 1.29 is 9.53 Å². The topological polar surface area (TPSA) is 50.4 Å². The summed E-state index contributed by atoms with van der Waals surface area (Å²) in [6.07, 6.45) is 0.864. The second kappa shape index (κ2) is 7.75. The minimum Gasteiger partial charge on any atom is -0.378 e. The fourth-order valence-corrected chi connectivity index (χ4v) is 3.40. The summed E-state index contributed by atoms with van der Waals surface area (Å²) in [5.74, 6) is 0.0317. The molecule has 2 heterocycles. The SMILES string of the molecule is Cl.O=C(NCCc1csc2ccccc12)C1COCCN1. The molecule has 1 aromatic carbocycles. The van der Waals surface area contributed by atoms with Crippen molar-refractivity contribution in [1.82, 2.24) is 10.6 Å². The second-order valence-electron chi connectivity index (χ2n) is 4.88. The van der Waals surface area contributed by atoms with E-state index in [0.29, 0.717) is 19.8 Å². The Labute approximate surface area is 134 Å². The van der Waals surface area contributed by atoms with Crippen molar-refractivity contribution in [1.29, 1.82) is 0 Å². The lowest BCUT2D eigenvalue weighted by molar-refractivity contribution is -0.125. The summed E-state index contributed by atoms with van der Waals surface area (Å²) in [7, 11) is 0. The number of nitrogens with one attached hydrogen (secondary N) is 2. The Morgan fingerprint density at radius 3 is 3.10 bits per heavy atom. The third-order valence-electron chi connectivity index (χ3n) is 3.49. The predicted molar refractivity (Wildman–Crippen MR) is 88.4 cm³/mol. The van der Waals surface area contributed by atoms with Crippen LogP contribution in [-0.4, -0.2) is 38.3 Å². The van der Waals surface area contributed by atoms with E-state index in [0.717, 1.165) is 13.0 Å². The lowest BCUT2D eigenvalue weighted by atomic mass is 10.1. The number of fused-ring (bicyclic) bond motifs is 1. The molecule has 2 N–H and O–H groups in total. The predicted octanol–water partition coefficient (Wildman–Crippen LogP) is 1.97. The molecule has 1 fully saturated rings. The van der Waals surface area contributed by atoms with Crippen LogP contribution in [0.1, 0.15) is 5.56 Å². The zero-order chi connectivity index (χ0) is 13.8. The Kier molecular flexibility index (Phi) is 5.99. The van der Waals surface area contributed by atoms with Gasteiger partial charge in [-0.1, -0.05) is 18.2 Å². The van der Waals surface area contributed by atoms with Gasteiger partial charge < -0.3 is 15.4 Å². The molecule has 3 rings (SSSR count). The Morgan fingerprint density at radius 2 is 2.29 bits per heavy atom. The molecule has 0 radical (unpaired) electrons. The van der Waals surface area contributed by atoms with Gasteiger partial charge >= 0.3 is 0 Å². The summed E-state index contributed by atoms with van der Waals surface area (Å²) in [5.41, 5.74) is 1.30. The maximum atomic E-state index is 11.9. The molecule has 114 valence electrons. The first kappa shape index (κ1) is 16.2. The lowest BCUT2D eigenvalue weighted by Gasteiger charge is -2.22. The first-order chi connectivity index (χ1) is 9.84. The number of carbonyl (C=O) groups excluding carboxylic acids is 1. The number of hydrogen-bond acceptors (Lipinski definition) is 4. The molecule has 1 atom stereocenters. The average Bonchev–Trinajstić information content (AvgIpc) is 2.92. The normalized spacial score (nSPS) is 18.2. The van der Waals surface area contributed by atoms with Crippen LogP contribution in [-0.2, 0) is 16.0 Å². The minimum absolute atomic E-state index is 0. The van der Waals surface area contributed by atoms with Crippen molar-refractivity contribution in [2.24, 2.45) is 0 Å². The van der Waals surface area contributed by atoms with Gasteiger partial charge in [-0.15, -0.1) is 23.7 Å². The van der Waals surface area contributed by atoms with Crippen molar-refractivity contribution in [2.75, 3.05) is 26.3 Å². The molecule has 1 saturated heterocycles. The maximum absolute atomic E-state index is 11.9. The lowest BCUT2D eigenvalue weighted by Crippen LogP contribution is -2.51. The Morgan fingerprint density at radius 1 is 1.43 bits per heavy atom. The molecule has 0 saturated carbocycles. The van der Waals surface area contributed by atoms with Crippen molar-refractivity contribution >= 4 is 39.7 Å². The zero-order valence-corrected chi connectivity index (χ0v) is 13.3. The standard InChI is InChI=1S/C15H18N2O2S.ClH/c18-15(13-9-19-8-7-16-13)17-6-5-11-10-20-14-4-2-1-3-12(11)14;/h1-4,10,13,16H,5-9H2,(H,17,18);1H. The van der Waals surface area contributed by atoms with Gasteiger partial charge in [-0.3, -0.25) is 4.79 Å². The summed E-state index contributed by atoms with van der Waals surface area (Å²) >= 11 is 1.76. The number of hydrogen-bond donors (Lipinski definition) is 2. The monoisotopic (exact) mass is 326 g/mol. The summed E-state index contributed by atoms with van der Waals surface area (Å²) in [4.78, 5) is 11.9. The van der Waals surface area contributed by atoms with Crippen LogP contribution >= 0.6 is 23.7 Å². The highest BCUT2D eigenvalue weighted by atomic mass is 35.5. The highest BCUT2D eigenvalue weighted by Crippen LogP contribution is 2.25. The van der Waals surface area contributed by atoms with Crippen molar-refractivity contribution in [3.8, 4) is 0 Å². The van der Waals surface area contributed by atoms with E-state index in [1.165, 1.54) is 15.6 Å². The number of amides is 1. The van der Waals surface area contributed by atoms with Gasteiger partial charge in [0, 0.05) is 17.8 Å². The minimum atomic E-state index is -0.206. The molecule has 1 unspecified atom stereocenters. The fourth-order valence-electron chi connectivity index (χ4n) is 2.40. The molecule has 0 bridgehead atoms. The van der Waals surface area contributed by atoms with Crippen LogP contribution in [0.5, 0.6) is 0 Å². The number of carbonyl (C=O) groups is 1. The van der Waals surface area contributed by atoms with Gasteiger partial charge in [-0.2, -0.15) is 0 Å². The van der Waals surface area contributed by atoms with E-state index in [9.17, 15) is 4.79 Å². The van der Waals surface area contributed by atoms with Gasteiger partial charge in [0.1, 0.15) is 6.04 Å². The van der Waals surface area contributed by atoms with E-state index in [-0.39, 0.29) is 24.4 Å². The average molecular weight is 327 g/mol. The van der Waals surface area contributed by atoms with Crippen LogP contribution in [0.25, 0.3) is 10.1 Å². The van der Waals surface area contributed by atoms with Crippen LogP contribution in [0.15, 0.2) is 29.6 Å². The van der Waals surface area contributed by atoms with E-state index in [4.69, 9.17) is 4.74 Å². The summed E-state index contributed by atoms with van der Waals surface area (Å²) in [6, 6.07) is 8.17. The maximum Gasteiger partial charge on any atom is 0.239 e. The largest absolute Gasteiger partial charge is 0.378 e. The number of ether oxygens (including phenoxy) is 1. The molecular weight excluding hydrogens is 308 g/mol. The van der Waals surface area contributed by atoms with E-state index >= 15 is 0 Å². The summed E-state index contributed by atoms with van der Waals surface area (Å²) in [5, 5.41) is 9.61. The van der Waals surface area contributed by atoms with Gasteiger partial charge in [0.05, 0.1) is 13.2 Å². The van der Waals surface area contributed by atoms with E-state index in [2.05, 4.69) is 40.3 Å². The molecule has 0 spiro atoms. The molecule has 2 aromatic rings. The van der Waals surface area contributed by atoms with Crippen LogP contribution in [0.4, 0.5) is 0 Å². The van der Waals surface area contributed by atoms with E-state index < -0.39 is 0 Å². The second-order valence-corrected chi connectivity index (χ2v) is 5.79. The molecule has 0 aliphatic carbocycles. The molecular formula is C15H19ClN2O2S. The van der Waals surface area contributed by atoms with Crippen LogP contribution in [0, 0.1) is 0 Å². The first-order valence-electron chi connectivity index (χ1n) is 6.88. The van der Waals surface area contributed by atoms with Crippen molar-refractivity contribution in [3.05, 3.63) is 35.2 Å². The number of halogens is 1. The van der Waals surface area contributed by atoms with Crippen molar-refractivity contribution in [2.45, 2.75) is 12.5 Å². The Hall–Kier alpha value is -1.14. The molecule has 21 heavy (non-hydrogen) atoms. The zero-order valence-electron chi connectivity index (χ0n) is 11.6. The van der Waals surface area contributed by atoms with Gasteiger partial charge in [0.15, 0.2) is 0 Å². The third-order valence-corrected chi connectivity index (χ3v) is 4.51. The highest BCUT2D eigenvalue weighted by molar-refractivity contribution is 7.17. The van der Waals surface area contributed by atoms with Crippen molar-refractivity contribution in [3.63, 3.8) is 0 Å². The van der Waals surface area contributed by atoms with Gasteiger partial charge in [-0.05, 0) is 28.8 Å². The van der Waals surface area contributed by atoms with Crippen LogP contribution in [0.2, 0.25) is 0 Å². The number of rotatable bonds is 4. The molecule has 4 nitrogen and oxygen atoms in total. The Bertz CT molecular complexity index is 596. The van der Waals surface area contributed by atoms with Crippen LogP contribution in [0.3, 0.4) is 0 Å². The first-order valence-corrected chi connectivity index (χ1v) is 7.76.